The number of anilines is 1. The molecule has 1 aromatic carbocycles. The van der Waals surface area contributed by atoms with E-state index in [1.54, 1.807) is 12.1 Å². The lowest BCUT2D eigenvalue weighted by atomic mass is 10.2. The van der Waals surface area contributed by atoms with Gasteiger partial charge in [0.1, 0.15) is 5.82 Å². The smallest absolute Gasteiger partial charge is 0.251 e. The van der Waals surface area contributed by atoms with Gasteiger partial charge >= 0.3 is 0 Å². The van der Waals surface area contributed by atoms with Crippen LogP contribution in [0.15, 0.2) is 40.1 Å². The molecule has 0 spiro atoms. The van der Waals surface area contributed by atoms with E-state index in [1.807, 2.05) is 29.3 Å². The number of rotatable bonds is 6. The molecule has 3 heterocycles. The molecule has 28 heavy (non-hydrogen) atoms. The van der Waals surface area contributed by atoms with E-state index in [0.29, 0.717) is 18.7 Å². The first kappa shape index (κ1) is 19.2. The summed E-state index contributed by atoms with van der Waals surface area (Å²) in [5.41, 5.74) is 1.45. The minimum absolute atomic E-state index is 0.102. The molecular weight excluding hydrogens is 440 g/mol. The number of nitrogens with one attached hydrogen (secondary N) is 1. The Morgan fingerprint density at radius 2 is 2.11 bits per heavy atom. The van der Waals surface area contributed by atoms with Crippen LogP contribution >= 0.6 is 27.7 Å². The Bertz CT molecular complexity index is 1000. The predicted octanol–water partition coefficient (Wildman–Crippen LogP) is 3.34. The summed E-state index contributed by atoms with van der Waals surface area (Å²) in [7, 11) is 0. The van der Waals surface area contributed by atoms with Gasteiger partial charge in [-0.15, -0.1) is 0 Å². The number of carbonyl (C=O) groups excluding carboxylic acids is 1. The minimum Gasteiger partial charge on any atom is -0.356 e. The number of thioether (sulfide) groups is 1. The van der Waals surface area contributed by atoms with Gasteiger partial charge < -0.3 is 10.2 Å². The standard InChI is InChI=1S/C19H21BrN6OS/c1-28-19-23-16(25-8-2-3-9-25)15-12-22-26(17(15)24-19)10-7-21-18(27)13-5-4-6-14(20)11-13/h4-6,11-12H,2-3,7-10H2,1H3,(H,21,27). The molecule has 0 saturated carbocycles. The van der Waals surface area contributed by atoms with Gasteiger partial charge in [0.15, 0.2) is 10.8 Å². The maximum Gasteiger partial charge on any atom is 0.251 e. The molecule has 9 heteroatoms. The molecule has 1 aliphatic rings. The highest BCUT2D eigenvalue weighted by Gasteiger charge is 2.20. The van der Waals surface area contributed by atoms with Crippen molar-refractivity contribution < 1.29 is 4.79 Å². The number of nitrogens with zero attached hydrogens (tertiary/aromatic N) is 5. The third kappa shape index (κ3) is 4.00. The van der Waals surface area contributed by atoms with E-state index in [-0.39, 0.29) is 5.91 Å². The molecule has 1 aliphatic heterocycles. The van der Waals surface area contributed by atoms with Gasteiger partial charge in [-0.05, 0) is 37.3 Å². The third-order valence-electron chi connectivity index (χ3n) is 4.74. The quantitative estimate of drug-likeness (QED) is 0.448. The summed E-state index contributed by atoms with van der Waals surface area (Å²) in [5, 5.41) is 9.17. The molecule has 0 radical (unpaired) electrons. The average molecular weight is 461 g/mol. The first-order chi connectivity index (χ1) is 13.7. The van der Waals surface area contributed by atoms with Crippen molar-refractivity contribution in [3.8, 4) is 0 Å². The lowest BCUT2D eigenvalue weighted by Crippen LogP contribution is -2.27. The summed E-state index contributed by atoms with van der Waals surface area (Å²) in [6.45, 7) is 3.06. The first-order valence-electron chi connectivity index (χ1n) is 9.22. The van der Waals surface area contributed by atoms with Gasteiger partial charge in [0.05, 0.1) is 18.1 Å². The summed E-state index contributed by atoms with van der Waals surface area (Å²) >= 11 is 4.92. The fourth-order valence-electron chi connectivity index (χ4n) is 3.35. The monoisotopic (exact) mass is 460 g/mol. The summed E-state index contributed by atoms with van der Waals surface area (Å²) in [6.07, 6.45) is 6.20. The van der Waals surface area contributed by atoms with Gasteiger partial charge in [-0.2, -0.15) is 5.10 Å². The van der Waals surface area contributed by atoms with Gasteiger partial charge in [0, 0.05) is 29.7 Å². The van der Waals surface area contributed by atoms with E-state index in [0.717, 1.165) is 39.6 Å². The highest BCUT2D eigenvalue weighted by Crippen LogP contribution is 2.28. The van der Waals surface area contributed by atoms with Gasteiger partial charge in [-0.3, -0.25) is 4.79 Å². The van der Waals surface area contributed by atoms with Crippen molar-refractivity contribution in [2.75, 3.05) is 30.8 Å². The lowest BCUT2D eigenvalue weighted by Gasteiger charge is -2.17. The van der Waals surface area contributed by atoms with E-state index in [1.165, 1.54) is 24.6 Å². The number of hydrogen-bond donors (Lipinski definition) is 1. The molecule has 3 aromatic rings. The van der Waals surface area contributed by atoms with E-state index < -0.39 is 0 Å². The maximum absolute atomic E-state index is 12.3. The van der Waals surface area contributed by atoms with Crippen LogP contribution < -0.4 is 10.2 Å². The molecule has 1 N–H and O–H groups in total. The Balaban J connectivity index is 1.51. The summed E-state index contributed by atoms with van der Waals surface area (Å²) in [5.74, 6) is 0.867. The van der Waals surface area contributed by atoms with Crippen LogP contribution in [0.3, 0.4) is 0 Å². The number of hydrogen-bond acceptors (Lipinski definition) is 6. The van der Waals surface area contributed by atoms with Crippen LogP contribution in [0.4, 0.5) is 5.82 Å². The van der Waals surface area contributed by atoms with E-state index in [4.69, 9.17) is 4.98 Å². The van der Waals surface area contributed by atoms with Crippen molar-refractivity contribution in [1.29, 1.82) is 0 Å². The SMILES string of the molecule is CSc1nc(N2CCCC2)c2cnn(CCNC(=O)c3cccc(Br)c3)c2n1. The van der Waals surface area contributed by atoms with Crippen molar-refractivity contribution in [1.82, 2.24) is 25.1 Å². The molecule has 7 nitrogen and oxygen atoms in total. The molecule has 1 saturated heterocycles. The second-order valence-corrected chi connectivity index (χ2v) is 8.29. The van der Waals surface area contributed by atoms with Crippen molar-refractivity contribution >= 4 is 50.5 Å². The molecule has 0 bridgehead atoms. The Hall–Kier alpha value is -2.13. The molecule has 1 amide bonds. The zero-order valence-corrected chi connectivity index (χ0v) is 18.0. The predicted molar refractivity (Wildman–Crippen MR) is 115 cm³/mol. The van der Waals surface area contributed by atoms with Gasteiger partial charge in [0.25, 0.3) is 5.91 Å². The van der Waals surface area contributed by atoms with E-state index in [9.17, 15) is 4.79 Å². The Morgan fingerprint density at radius 3 is 2.86 bits per heavy atom. The molecule has 146 valence electrons. The number of fused-ring (bicyclic) bond motifs is 1. The van der Waals surface area contributed by atoms with Crippen LogP contribution in [0.5, 0.6) is 0 Å². The molecule has 4 rings (SSSR count). The molecule has 0 atom stereocenters. The first-order valence-corrected chi connectivity index (χ1v) is 11.2. The summed E-state index contributed by atoms with van der Waals surface area (Å²) in [4.78, 5) is 24.0. The zero-order chi connectivity index (χ0) is 19.5. The van der Waals surface area contributed by atoms with E-state index in [2.05, 4.69) is 36.2 Å². The van der Waals surface area contributed by atoms with Crippen LogP contribution in [0.1, 0.15) is 23.2 Å². The maximum atomic E-state index is 12.3. The Kier molecular flexibility index (Phi) is 5.82. The van der Waals surface area contributed by atoms with Gasteiger partial charge in [-0.25, -0.2) is 14.6 Å². The largest absolute Gasteiger partial charge is 0.356 e. The number of halogens is 1. The molecule has 2 aromatic heterocycles. The third-order valence-corrected chi connectivity index (χ3v) is 5.78. The molecule has 0 unspecified atom stereocenters. The van der Waals surface area contributed by atoms with Crippen LogP contribution in [0.25, 0.3) is 11.0 Å². The van der Waals surface area contributed by atoms with Crippen LogP contribution in [-0.4, -0.2) is 51.5 Å². The normalized spacial score (nSPS) is 14.0. The van der Waals surface area contributed by atoms with Crippen molar-refractivity contribution in [3.05, 3.63) is 40.5 Å². The van der Waals surface area contributed by atoms with Crippen molar-refractivity contribution in [2.24, 2.45) is 0 Å². The average Bonchev–Trinajstić information content (AvgIpc) is 3.37. The zero-order valence-electron chi connectivity index (χ0n) is 15.6. The number of carbonyl (C=O) groups is 1. The van der Waals surface area contributed by atoms with Gasteiger partial charge in [-0.1, -0.05) is 33.8 Å². The summed E-state index contributed by atoms with van der Waals surface area (Å²) < 4.78 is 2.73. The minimum atomic E-state index is -0.102. The second-order valence-electron chi connectivity index (χ2n) is 6.60. The fourth-order valence-corrected chi connectivity index (χ4v) is 4.11. The number of amides is 1. The van der Waals surface area contributed by atoms with Gasteiger partial charge in [0.2, 0.25) is 0 Å². The van der Waals surface area contributed by atoms with Crippen molar-refractivity contribution in [2.45, 2.75) is 24.5 Å². The lowest BCUT2D eigenvalue weighted by molar-refractivity contribution is 0.0952. The highest BCUT2D eigenvalue weighted by atomic mass is 79.9. The second kappa shape index (κ2) is 8.48. The molecule has 0 aliphatic carbocycles. The topological polar surface area (TPSA) is 75.9 Å². The van der Waals surface area contributed by atoms with Crippen molar-refractivity contribution in [3.63, 3.8) is 0 Å². The fraction of sp³-hybridized carbons (Fsp3) is 0.368. The molecule has 1 fully saturated rings. The number of benzene rings is 1. The summed E-state index contributed by atoms with van der Waals surface area (Å²) in [6, 6.07) is 7.34. The van der Waals surface area contributed by atoms with Crippen LogP contribution in [0.2, 0.25) is 0 Å². The number of aromatic nitrogens is 4. The van der Waals surface area contributed by atoms with Crippen LogP contribution in [-0.2, 0) is 6.54 Å². The highest BCUT2D eigenvalue weighted by molar-refractivity contribution is 9.10. The Morgan fingerprint density at radius 1 is 1.29 bits per heavy atom. The van der Waals surface area contributed by atoms with Crippen LogP contribution in [0, 0.1) is 0 Å². The molecular formula is C19H21BrN6OS. The van der Waals surface area contributed by atoms with E-state index >= 15 is 0 Å². The Labute approximate surface area is 176 Å².